The SMILES string of the molecule is CN(C1=CCC(C2=CCCC=C2)C=C1)c1cc2ccccc2c2ccccc12. The maximum atomic E-state index is 2.40. The van der Waals surface area contributed by atoms with E-state index in [2.05, 4.69) is 103 Å². The summed E-state index contributed by atoms with van der Waals surface area (Å²) in [5, 5.41) is 5.23. The van der Waals surface area contributed by atoms with Gasteiger partial charge in [-0.15, -0.1) is 0 Å². The van der Waals surface area contributed by atoms with Gasteiger partial charge in [0.2, 0.25) is 0 Å². The Morgan fingerprint density at radius 3 is 2.36 bits per heavy atom. The molecule has 138 valence electrons. The lowest BCUT2D eigenvalue weighted by atomic mass is 9.88. The van der Waals surface area contributed by atoms with Crippen molar-refractivity contribution in [1.82, 2.24) is 0 Å². The molecule has 0 saturated carbocycles. The molecule has 0 aliphatic heterocycles. The summed E-state index contributed by atoms with van der Waals surface area (Å²) in [5.74, 6) is 0.516. The van der Waals surface area contributed by atoms with Crippen molar-refractivity contribution < 1.29 is 0 Å². The quantitative estimate of drug-likeness (QED) is 0.446. The summed E-state index contributed by atoms with van der Waals surface area (Å²) >= 11 is 0. The highest BCUT2D eigenvalue weighted by Crippen LogP contribution is 2.36. The molecule has 3 aromatic rings. The van der Waals surface area contributed by atoms with Crippen molar-refractivity contribution >= 4 is 27.2 Å². The zero-order valence-electron chi connectivity index (χ0n) is 16.3. The minimum absolute atomic E-state index is 0.516. The van der Waals surface area contributed by atoms with Gasteiger partial charge in [-0.1, -0.05) is 78.9 Å². The van der Waals surface area contributed by atoms with Crippen molar-refractivity contribution in [3.05, 3.63) is 102 Å². The molecule has 0 fully saturated rings. The van der Waals surface area contributed by atoms with Crippen LogP contribution in [0.25, 0.3) is 21.5 Å². The smallest absolute Gasteiger partial charge is 0.0494 e. The van der Waals surface area contributed by atoms with Crippen LogP contribution in [0.15, 0.2) is 102 Å². The summed E-state index contributed by atoms with van der Waals surface area (Å²) in [6.07, 6.45) is 17.5. The zero-order chi connectivity index (χ0) is 18.9. The van der Waals surface area contributed by atoms with E-state index in [0.29, 0.717) is 5.92 Å². The van der Waals surface area contributed by atoms with E-state index >= 15 is 0 Å². The number of rotatable bonds is 3. The monoisotopic (exact) mass is 363 g/mol. The third kappa shape index (κ3) is 2.97. The number of likely N-dealkylation sites (N-methyl/N-ethyl adjacent to an activating group) is 1. The highest BCUT2D eigenvalue weighted by molar-refractivity contribution is 6.13. The molecule has 1 nitrogen and oxygen atoms in total. The van der Waals surface area contributed by atoms with Crippen LogP contribution in [0.2, 0.25) is 0 Å². The van der Waals surface area contributed by atoms with Gasteiger partial charge in [-0.05, 0) is 53.1 Å². The Balaban J connectivity index is 1.52. The van der Waals surface area contributed by atoms with E-state index in [1.54, 1.807) is 0 Å². The molecule has 2 aliphatic rings. The average Bonchev–Trinajstić information content (AvgIpc) is 2.79. The molecular weight excluding hydrogens is 338 g/mol. The fourth-order valence-corrected chi connectivity index (χ4v) is 4.46. The molecule has 0 radical (unpaired) electrons. The first kappa shape index (κ1) is 17.1. The van der Waals surface area contributed by atoms with Gasteiger partial charge in [0.25, 0.3) is 0 Å². The standard InChI is InChI=1S/C27H25N/c1-28(23-17-15-21(16-18-23)20-9-3-2-4-10-20)27-19-22-11-5-6-12-24(22)25-13-7-8-14-26(25)27/h3,5-15,17-19,21H,2,4,16H2,1H3. The van der Waals surface area contributed by atoms with Crippen LogP contribution in [0.5, 0.6) is 0 Å². The number of hydrogen-bond acceptors (Lipinski definition) is 1. The predicted molar refractivity (Wildman–Crippen MR) is 122 cm³/mol. The molecule has 2 aliphatic carbocycles. The second-order valence-electron chi connectivity index (χ2n) is 7.74. The van der Waals surface area contributed by atoms with Crippen LogP contribution in [0, 0.1) is 5.92 Å². The molecule has 0 heterocycles. The first-order valence-electron chi connectivity index (χ1n) is 10.2. The molecule has 1 heteroatoms. The summed E-state index contributed by atoms with van der Waals surface area (Å²) in [6, 6.07) is 19.7. The van der Waals surface area contributed by atoms with Crippen molar-refractivity contribution in [2.24, 2.45) is 5.92 Å². The molecule has 0 aromatic heterocycles. The topological polar surface area (TPSA) is 3.24 Å². The second-order valence-corrected chi connectivity index (χ2v) is 7.74. The lowest BCUT2D eigenvalue weighted by molar-refractivity contribution is 0.760. The Labute approximate surface area is 167 Å². The Morgan fingerprint density at radius 1 is 0.821 bits per heavy atom. The molecule has 1 unspecified atom stereocenters. The summed E-state index contributed by atoms with van der Waals surface area (Å²) in [5.41, 5.74) is 4.01. The predicted octanol–water partition coefficient (Wildman–Crippen LogP) is 7.17. The van der Waals surface area contributed by atoms with Crippen LogP contribution in [0.1, 0.15) is 19.3 Å². The molecule has 0 spiro atoms. The highest BCUT2D eigenvalue weighted by Gasteiger charge is 2.17. The highest BCUT2D eigenvalue weighted by atomic mass is 15.1. The van der Waals surface area contributed by atoms with Gasteiger partial charge >= 0.3 is 0 Å². The number of allylic oxidation sites excluding steroid dienone is 7. The fraction of sp³-hybridized carbons (Fsp3) is 0.185. The van der Waals surface area contributed by atoms with E-state index in [1.165, 1.54) is 51.3 Å². The average molecular weight is 364 g/mol. The van der Waals surface area contributed by atoms with Gasteiger partial charge in [-0.25, -0.2) is 0 Å². The van der Waals surface area contributed by atoms with Crippen LogP contribution in [-0.4, -0.2) is 7.05 Å². The first-order chi connectivity index (χ1) is 13.8. The Hall–Kier alpha value is -3.06. The second kappa shape index (κ2) is 7.16. The first-order valence-corrected chi connectivity index (χ1v) is 10.2. The minimum Gasteiger partial charge on any atom is -0.344 e. The molecule has 0 N–H and O–H groups in total. The minimum atomic E-state index is 0.516. The van der Waals surface area contributed by atoms with E-state index in [0.717, 1.165) is 6.42 Å². The summed E-state index contributed by atoms with van der Waals surface area (Å²) < 4.78 is 0. The van der Waals surface area contributed by atoms with Crippen molar-refractivity contribution in [2.45, 2.75) is 19.3 Å². The maximum Gasteiger partial charge on any atom is 0.0494 e. The van der Waals surface area contributed by atoms with Crippen molar-refractivity contribution in [3.63, 3.8) is 0 Å². The van der Waals surface area contributed by atoms with E-state index in [1.807, 2.05) is 0 Å². The maximum absolute atomic E-state index is 2.40. The van der Waals surface area contributed by atoms with Crippen LogP contribution < -0.4 is 4.90 Å². The Morgan fingerprint density at radius 2 is 1.61 bits per heavy atom. The van der Waals surface area contributed by atoms with Gasteiger partial charge in [0.05, 0.1) is 0 Å². The zero-order valence-corrected chi connectivity index (χ0v) is 16.3. The fourth-order valence-electron chi connectivity index (χ4n) is 4.46. The molecule has 0 saturated heterocycles. The third-order valence-corrected chi connectivity index (χ3v) is 6.03. The lowest BCUT2D eigenvalue weighted by Crippen LogP contribution is -2.18. The van der Waals surface area contributed by atoms with Gasteiger partial charge in [0, 0.05) is 29.7 Å². The molecule has 28 heavy (non-hydrogen) atoms. The van der Waals surface area contributed by atoms with Gasteiger partial charge in [-0.2, -0.15) is 0 Å². The molecule has 3 aromatic carbocycles. The van der Waals surface area contributed by atoms with E-state index in [-0.39, 0.29) is 0 Å². The summed E-state index contributed by atoms with van der Waals surface area (Å²) in [4.78, 5) is 2.34. The van der Waals surface area contributed by atoms with Gasteiger partial charge in [-0.3, -0.25) is 0 Å². The summed E-state index contributed by atoms with van der Waals surface area (Å²) in [7, 11) is 2.19. The number of anilines is 1. The summed E-state index contributed by atoms with van der Waals surface area (Å²) in [6.45, 7) is 0. The lowest BCUT2D eigenvalue weighted by Gasteiger charge is -2.27. The molecule has 0 bridgehead atoms. The Bertz CT molecular complexity index is 1160. The van der Waals surface area contributed by atoms with Gasteiger partial charge in [0.1, 0.15) is 0 Å². The third-order valence-electron chi connectivity index (χ3n) is 6.03. The molecule has 5 rings (SSSR count). The number of fused-ring (bicyclic) bond motifs is 3. The van der Waals surface area contributed by atoms with Crippen LogP contribution >= 0.6 is 0 Å². The van der Waals surface area contributed by atoms with E-state index < -0.39 is 0 Å². The van der Waals surface area contributed by atoms with E-state index in [4.69, 9.17) is 0 Å². The largest absolute Gasteiger partial charge is 0.344 e. The van der Waals surface area contributed by atoms with Gasteiger partial charge < -0.3 is 4.90 Å². The van der Waals surface area contributed by atoms with Crippen LogP contribution in [-0.2, 0) is 0 Å². The van der Waals surface area contributed by atoms with Crippen molar-refractivity contribution in [1.29, 1.82) is 0 Å². The van der Waals surface area contributed by atoms with Crippen LogP contribution in [0.3, 0.4) is 0 Å². The molecule has 0 amide bonds. The van der Waals surface area contributed by atoms with Gasteiger partial charge in [0.15, 0.2) is 0 Å². The van der Waals surface area contributed by atoms with Crippen molar-refractivity contribution in [2.75, 3.05) is 11.9 Å². The number of benzene rings is 3. The molecule has 1 atom stereocenters. The number of nitrogens with zero attached hydrogens (tertiary/aromatic N) is 1. The van der Waals surface area contributed by atoms with Crippen molar-refractivity contribution in [3.8, 4) is 0 Å². The van der Waals surface area contributed by atoms with Crippen LogP contribution in [0.4, 0.5) is 5.69 Å². The normalized spacial score (nSPS) is 19.0. The molecular formula is C27H25N. The van der Waals surface area contributed by atoms with E-state index in [9.17, 15) is 0 Å². The Kier molecular flexibility index (Phi) is 4.37. The number of hydrogen-bond donors (Lipinski definition) is 0.